The van der Waals surface area contributed by atoms with Gasteiger partial charge in [-0.2, -0.15) is 0 Å². The van der Waals surface area contributed by atoms with E-state index in [1.54, 1.807) is 55.5 Å². The van der Waals surface area contributed by atoms with Crippen LogP contribution >= 0.6 is 11.6 Å². The molecule has 0 aliphatic carbocycles. The van der Waals surface area contributed by atoms with Gasteiger partial charge in [-0.1, -0.05) is 66.2 Å². The van der Waals surface area contributed by atoms with Gasteiger partial charge >= 0.3 is 0 Å². The molecule has 0 aromatic heterocycles. The molecule has 0 fully saturated rings. The van der Waals surface area contributed by atoms with Crippen LogP contribution < -0.4 is 14.4 Å². The quantitative estimate of drug-likeness (QED) is 0.314. The first kappa shape index (κ1) is 31.0. The third-order valence-electron chi connectivity index (χ3n) is 6.08. The van der Waals surface area contributed by atoms with E-state index in [2.05, 4.69) is 5.32 Å². The number of carbonyl (C=O) groups is 2. The van der Waals surface area contributed by atoms with Gasteiger partial charge < -0.3 is 15.0 Å². The molecular formula is C30H36ClN3O5S. The van der Waals surface area contributed by atoms with Crippen LogP contribution in [0.3, 0.4) is 0 Å². The average molecular weight is 586 g/mol. The molecule has 0 unspecified atom stereocenters. The maximum atomic E-state index is 14.1. The van der Waals surface area contributed by atoms with E-state index in [9.17, 15) is 18.0 Å². The minimum atomic E-state index is -3.90. The van der Waals surface area contributed by atoms with Crippen molar-refractivity contribution in [3.8, 4) is 5.75 Å². The van der Waals surface area contributed by atoms with E-state index in [-0.39, 0.29) is 30.6 Å². The van der Waals surface area contributed by atoms with E-state index in [0.717, 1.165) is 21.7 Å². The van der Waals surface area contributed by atoms with Crippen molar-refractivity contribution in [3.63, 3.8) is 0 Å². The lowest BCUT2D eigenvalue weighted by molar-refractivity contribution is -0.140. The lowest BCUT2D eigenvalue weighted by atomic mass is 10.0. The van der Waals surface area contributed by atoms with Gasteiger partial charge in [-0.05, 0) is 56.2 Å². The van der Waals surface area contributed by atoms with Crippen molar-refractivity contribution >= 4 is 39.1 Å². The molecule has 10 heteroatoms. The summed E-state index contributed by atoms with van der Waals surface area (Å²) < 4.78 is 32.7. The summed E-state index contributed by atoms with van der Waals surface area (Å²) in [4.78, 5) is 29.1. The third-order valence-corrected chi connectivity index (χ3v) is 7.46. The van der Waals surface area contributed by atoms with Gasteiger partial charge in [0, 0.05) is 24.0 Å². The molecule has 2 amide bonds. The molecule has 214 valence electrons. The highest BCUT2D eigenvalue weighted by Crippen LogP contribution is 2.30. The zero-order valence-corrected chi connectivity index (χ0v) is 24.8. The highest BCUT2D eigenvalue weighted by Gasteiger charge is 2.33. The summed E-state index contributed by atoms with van der Waals surface area (Å²) in [6.07, 6.45) is 1.28. The Hall–Kier alpha value is -3.56. The highest BCUT2D eigenvalue weighted by atomic mass is 35.5. The van der Waals surface area contributed by atoms with Gasteiger partial charge in [0.1, 0.15) is 18.3 Å². The Bertz CT molecular complexity index is 1380. The zero-order chi connectivity index (χ0) is 29.3. The summed E-state index contributed by atoms with van der Waals surface area (Å²) in [7, 11) is -3.90. The highest BCUT2D eigenvalue weighted by molar-refractivity contribution is 7.92. The molecule has 0 saturated heterocycles. The predicted molar refractivity (Wildman–Crippen MR) is 159 cm³/mol. The molecule has 0 bridgehead atoms. The van der Waals surface area contributed by atoms with Gasteiger partial charge in [-0.25, -0.2) is 8.42 Å². The summed E-state index contributed by atoms with van der Waals surface area (Å²) in [5.41, 5.74) is 1.86. The smallest absolute Gasteiger partial charge is 0.244 e. The van der Waals surface area contributed by atoms with Crippen molar-refractivity contribution in [1.82, 2.24) is 10.2 Å². The molecule has 0 radical (unpaired) electrons. The van der Waals surface area contributed by atoms with Crippen LogP contribution in [-0.2, 0) is 32.6 Å². The molecule has 0 saturated carbocycles. The molecule has 3 rings (SSSR count). The maximum absolute atomic E-state index is 14.1. The summed E-state index contributed by atoms with van der Waals surface area (Å²) in [6.45, 7) is 5.36. The molecule has 1 N–H and O–H groups in total. The van der Waals surface area contributed by atoms with Gasteiger partial charge in [-0.15, -0.1) is 0 Å². The van der Waals surface area contributed by atoms with Gasteiger partial charge in [0.05, 0.1) is 18.6 Å². The van der Waals surface area contributed by atoms with Crippen LogP contribution in [0.5, 0.6) is 5.75 Å². The second-order valence-electron chi connectivity index (χ2n) is 9.69. The molecule has 1 atom stereocenters. The molecule has 0 heterocycles. The number of sulfonamides is 1. The molecule has 3 aromatic rings. The first-order valence-corrected chi connectivity index (χ1v) is 15.3. The summed E-state index contributed by atoms with van der Waals surface area (Å²) >= 11 is 6.09. The second kappa shape index (κ2) is 14.2. The summed E-state index contributed by atoms with van der Waals surface area (Å²) in [5, 5.41) is 3.47. The van der Waals surface area contributed by atoms with E-state index in [1.165, 1.54) is 4.90 Å². The number of hydrogen-bond acceptors (Lipinski definition) is 5. The Labute approximate surface area is 241 Å². The number of nitrogens with zero attached hydrogens (tertiary/aromatic N) is 2. The molecule has 8 nitrogen and oxygen atoms in total. The van der Waals surface area contributed by atoms with E-state index < -0.39 is 28.5 Å². The third kappa shape index (κ3) is 8.72. The van der Waals surface area contributed by atoms with E-state index in [1.807, 2.05) is 44.2 Å². The van der Waals surface area contributed by atoms with Crippen molar-refractivity contribution in [2.24, 2.45) is 0 Å². The number of rotatable bonds is 13. The number of hydrogen-bond donors (Lipinski definition) is 1. The van der Waals surface area contributed by atoms with E-state index >= 15 is 0 Å². The molecule has 3 aromatic carbocycles. The fourth-order valence-corrected chi connectivity index (χ4v) is 5.24. The first-order chi connectivity index (χ1) is 19.0. The Balaban J connectivity index is 2.07. The van der Waals surface area contributed by atoms with Crippen molar-refractivity contribution < 1.29 is 22.7 Å². The van der Waals surface area contributed by atoms with Gasteiger partial charge in [0.2, 0.25) is 21.8 Å². The van der Waals surface area contributed by atoms with Crippen LogP contribution in [0.2, 0.25) is 5.02 Å². The number of halogens is 1. The fourth-order valence-electron chi connectivity index (χ4n) is 4.26. The zero-order valence-electron chi connectivity index (χ0n) is 23.2. The number of amides is 2. The maximum Gasteiger partial charge on any atom is 0.244 e. The fraction of sp³-hybridized carbons (Fsp3) is 0.333. The predicted octanol–water partition coefficient (Wildman–Crippen LogP) is 4.67. The summed E-state index contributed by atoms with van der Waals surface area (Å²) in [5.74, 6) is -0.529. The Morgan fingerprint density at radius 2 is 1.55 bits per heavy atom. The number of para-hydroxylation sites is 2. The number of benzene rings is 3. The number of ether oxygens (including phenoxy) is 1. The Morgan fingerprint density at radius 1 is 0.925 bits per heavy atom. The minimum absolute atomic E-state index is 0.0731. The molecular weight excluding hydrogens is 550 g/mol. The van der Waals surface area contributed by atoms with Gasteiger partial charge in [0.25, 0.3) is 0 Å². The average Bonchev–Trinajstić information content (AvgIpc) is 2.90. The first-order valence-electron chi connectivity index (χ1n) is 13.1. The normalized spacial score (nSPS) is 12.1. The lowest BCUT2D eigenvalue weighted by Crippen LogP contribution is -2.54. The topological polar surface area (TPSA) is 96.0 Å². The van der Waals surface area contributed by atoms with E-state index in [0.29, 0.717) is 17.4 Å². The Morgan fingerprint density at radius 3 is 2.15 bits per heavy atom. The second-order valence-corrected chi connectivity index (χ2v) is 12.0. The molecule has 0 aliphatic heterocycles. The number of carbonyl (C=O) groups excluding carboxylic acids is 2. The van der Waals surface area contributed by atoms with Crippen LogP contribution in [-0.4, -0.2) is 56.6 Å². The minimum Gasteiger partial charge on any atom is -0.492 e. The molecule has 0 aliphatic rings. The lowest BCUT2D eigenvalue weighted by Gasteiger charge is -2.34. The van der Waals surface area contributed by atoms with Gasteiger partial charge in [-0.3, -0.25) is 13.9 Å². The number of anilines is 1. The van der Waals surface area contributed by atoms with Crippen molar-refractivity contribution in [3.05, 3.63) is 95.0 Å². The Kier molecular flexibility index (Phi) is 11.0. The van der Waals surface area contributed by atoms with Crippen LogP contribution in [0.25, 0.3) is 0 Å². The number of nitrogens with one attached hydrogen (secondary N) is 1. The van der Waals surface area contributed by atoms with Gasteiger partial charge in [0.15, 0.2) is 0 Å². The van der Waals surface area contributed by atoms with Crippen LogP contribution in [0.1, 0.15) is 31.9 Å². The molecule has 40 heavy (non-hydrogen) atoms. The molecule has 0 spiro atoms. The van der Waals surface area contributed by atoms with Crippen LogP contribution in [0, 0.1) is 0 Å². The van der Waals surface area contributed by atoms with Crippen molar-refractivity contribution in [2.75, 3.05) is 23.7 Å². The van der Waals surface area contributed by atoms with Crippen molar-refractivity contribution in [2.45, 2.75) is 45.8 Å². The van der Waals surface area contributed by atoms with Crippen molar-refractivity contribution in [1.29, 1.82) is 0 Å². The van der Waals surface area contributed by atoms with E-state index in [4.69, 9.17) is 16.3 Å². The van der Waals surface area contributed by atoms with Crippen LogP contribution in [0.4, 0.5) is 5.69 Å². The SMILES string of the molecule is CCOc1ccccc1N(CC(=O)N(Cc1ccc(Cl)cc1)[C@@H](Cc1ccccc1)C(=O)NC(C)C)S(C)(=O)=O. The monoisotopic (exact) mass is 585 g/mol. The summed E-state index contributed by atoms with van der Waals surface area (Å²) in [6, 6.07) is 22.0. The largest absolute Gasteiger partial charge is 0.492 e. The van der Waals surface area contributed by atoms with Crippen LogP contribution in [0.15, 0.2) is 78.9 Å². The standard InChI is InChI=1S/C30H36ClN3O5S/c1-5-39-28-14-10-9-13-26(28)34(40(4,37)38)21-29(35)33(20-24-15-17-25(31)18-16-24)27(30(36)32-22(2)3)19-23-11-7-6-8-12-23/h6-18,22,27H,5,19-21H2,1-4H3,(H,32,36)/t27-/m0/s1.